The van der Waals surface area contributed by atoms with Gasteiger partial charge in [-0.05, 0) is 38.1 Å². The molecule has 20 heavy (non-hydrogen) atoms. The highest BCUT2D eigenvalue weighted by molar-refractivity contribution is 5.84. The van der Waals surface area contributed by atoms with Crippen LogP contribution in [0.1, 0.15) is 51.9 Å². The molecule has 5 heteroatoms. The Kier molecular flexibility index (Phi) is 8.26. The highest BCUT2D eigenvalue weighted by Crippen LogP contribution is 2.16. The van der Waals surface area contributed by atoms with Gasteiger partial charge >= 0.3 is 0 Å². The maximum Gasteiger partial charge on any atom is 0.241 e. The zero-order chi connectivity index (χ0) is 14.8. The van der Waals surface area contributed by atoms with Crippen LogP contribution in [0.2, 0.25) is 0 Å². The molecule has 0 spiro atoms. The van der Waals surface area contributed by atoms with E-state index in [2.05, 4.69) is 12.2 Å². The second kappa shape index (κ2) is 9.75. The van der Waals surface area contributed by atoms with Crippen LogP contribution in [-0.4, -0.2) is 42.9 Å². The average Bonchev–Trinajstić information content (AvgIpc) is 2.97. The molecule has 1 heterocycles. The summed E-state index contributed by atoms with van der Waals surface area (Å²) >= 11 is 0. The van der Waals surface area contributed by atoms with Gasteiger partial charge in [-0.3, -0.25) is 9.59 Å². The fourth-order valence-electron chi connectivity index (χ4n) is 2.75. The molecule has 0 aromatic carbocycles. The molecule has 116 valence electrons. The predicted molar refractivity (Wildman–Crippen MR) is 80.1 cm³/mol. The number of amides is 2. The first-order chi connectivity index (χ1) is 9.67. The normalized spacial score (nSPS) is 16.2. The summed E-state index contributed by atoms with van der Waals surface area (Å²) in [5, 5.41) is 2.74. The Morgan fingerprint density at radius 2 is 1.90 bits per heavy atom. The quantitative estimate of drug-likeness (QED) is 0.669. The summed E-state index contributed by atoms with van der Waals surface area (Å²) in [5.41, 5.74) is 5.58. The summed E-state index contributed by atoms with van der Waals surface area (Å²) in [6.45, 7) is 4.65. The predicted octanol–water partition coefficient (Wildman–Crippen LogP) is 1.27. The Hall–Kier alpha value is -1.10. The van der Waals surface area contributed by atoms with Gasteiger partial charge in [0.05, 0.1) is 6.54 Å². The smallest absolute Gasteiger partial charge is 0.241 e. The molecule has 3 N–H and O–H groups in total. The molecule has 1 rings (SSSR count). The molecular weight excluding hydrogens is 254 g/mol. The van der Waals surface area contributed by atoms with Gasteiger partial charge < -0.3 is 16.0 Å². The molecule has 0 radical (unpaired) electrons. The standard InChI is InChI=1S/C15H29N3O2/c1-2-5-13(8-9-16)6-7-14(19)17-12-15(20)18-10-3-4-11-18/h13H,2-12,16H2,1H3,(H,17,19). The van der Waals surface area contributed by atoms with Gasteiger partial charge in [-0.15, -0.1) is 0 Å². The molecule has 0 aromatic rings. The van der Waals surface area contributed by atoms with E-state index in [0.717, 1.165) is 51.6 Å². The van der Waals surface area contributed by atoms with Gasteiger partial charge in [-0.1, -0.05) is 19.8 Å². The van der Waals surface area contributed by atoms with Crippen molar-refractivity contribution in [1.29, 1.82) is 0 Å². The lowest BCUT2D eigenvalue weighted by Gasteiger charge is -2.17. The lowest BCUT2D eigenvalue weighted by Crippen LogP contribution is -2.38. The third kappa shape index (κ3) is 6.37. The number of rotatable bonds is 9. The molecule has 0 saturated carbocycles. The van der Waals surface area contributed by atoms with Gasteiger partial charge in [-0.25, -0.2) is 0 Å². The van der Waals surface area contributed by atoms with Gasteiger partial charge in [-0.2, -0.15) is 0 Å². The number of nitrogens with zero attached hydrogens (tertiary/aromatic N) is 1. The van der Waals surface area contributed by atoms with Crippen molar-refractivity contribution in [3.8, 4) is 0 Å². The number of hydrogen-bond acceptors (Lipinski definition) is 3. The monoisotopic (exact) mass is 283 g/mol. The van der Waals surface area contributed by atoms with E-state index in [0.29, 0.717) is 18.9 Å². The van der Waals surface area contributed by atoms with Crippen LogP contribution in [0.15, 0.2) is 0 Å². The summed E-state index contributed by atoms with van der Waals surface area (Å²) < 4.78 is 0. The second-order valence-corrected chi connectivity index (χ2v) is 5.64. The Balaban J connectivity index is 2.16. The molecule has 0 aromatic heterocycles. The van der Waals surface area contributed by atoms with Crippen molar-refractivity contribution < 1.29 is 9.59 Å². The van der Waals surface area contributed by atoms with E-state index in [1.165, 1.54) is 0 Å². The molecule has 1 aliphatic heterocycles. The van der Waals surface area contributed by atoms with E-state index < -0.39 is 0 Å². The summed E-state index contributed by atoms with van der Waals surface area (Å²) in [6, 6.07) is 0. The van der Waals surface area contributed by atoms with Crippen molar-refractivity contribution in [1.82, 2.24) is 10.2 Å². The van der Waals surface area contributed by atoms with Crippen LogP contribution in [0, 0.1) is 5.92 Å². The van der Waals surface area contributed by atoms with Crippen molar-refractivity contribution in [2.75, 3.05) is 26.2 Å². The number of likely N-dealkylation sites (tertiary alicyclic amines) is 1. The van der Waals surface area contributed by atoms with Crippen molar-refractivity contribution in [3.05, 3.63) is 0 Å². The largest absolute Gasteiger partial charge is 0.347 e. The van der Waals surface area contributed by atoms with Crippen molar-refractivity contribution >= 4 is 11.8 Å². The van der Waals surface area contributed by atoms with E-state index in [4.69, 9.17) is 5.73 Å². The van der Waals surface area contributed by atoms with E-state index in [9.17, 15) is 9.59 Å². The summed E-state index contributed by atoms with van der Waals surface area (Å²) in [6.07, 6.45) is 6.76. The number of nitrogens with one attached hydrogen (secondary N) is 1. The van der Waals surface area contributed by atoms with Crippen LogP contribution < -0.4 is 11.1 Å². The van der Waals surface area contributed by atoms with Gasteiger partial charge in [0.1, 0.15) is 0 Å². The van der Waals surface area contributed by atoms with Crippen molar-refractivity contribution in [2.45, 2.75) is 51.9 Å². The number of carbonyl (C=O) groups is 2. The average molecular weight is 283 g/mol. The minimum Gasteiger partial charge on any atom is -0.347 e. The minimum absolute atomic E-state index is 0.0179. The third-order valence-corrected chi connectivity index (χ3v) is 3.95. The molecule has 5 nitrogen and oxygen atoms in total. The lowest BCUT2D eigenvalue weighted by molar-refractivity contribution is -0.132. The van der Waals surface area contributed by atoms with Crippen LogP contribution in [0.5, 0.6) is 0 Å². The van der Waals surface area contributed by atoms with E-state index in [-0.39, 0.29) is 18.4 Å². The van der Waals surface area contributed by atoms with Crippen LogP contribution in [0.3, 0.4) is 0 Å². The first kappa shape index (κ1) is 17.0. The fraction of sp³-hybridized carbons (Fsp3) is 0.867. The second-order valence-electron chi connectivity index (χ2n) is 5.64. The molecule has 0 bridgehead atoms. The molecule has 1 unspecified atom stereocenters. The SMILES string of the molecule is CCCC(CCN)CCC(=O)NCC(=O)N1CCCC1. The molecular formula is C15H29N3O2. The topological polar surface area (TPSA) is 75.4 Å². The number of nitrogens with two attached hydrogens (primary N) is 1. The highest BCUT2D eigenvalue weighted by atomic mass is 16.2. The van der Waals surface area contributed by atoms with Crippen LogP contribution in [0.4, 0.5) is 0 Å². The Bertz CT molecular complexity index is 295. The Labute approximate surface area is 122 Å². The first-order valence-corrected chi connectivity index (χ1v) is 7.92. The summed E-state index contributed by atoms with van der Waals surface area (Å²) in [4.78, 5) is 25.4. The molecule has 1 atom stereocenters. The maximum atomic E-state index is 11.8. The van der Waals surface area contributed by atoms with Gasteiger partial charge in [0, 0.05) is 19.5 Å². The zero-order valence-corrected chi connectivity index (χ0v) is 12.7. The fourth-order valence-corrected chi connectivity index (χ4v) is 2.75. The van der Waals surface area contributed by atoms with Crippen molar-refractivity contribution in [3.63, 3.8) is 0 Å². The molecule has 1 aliphatic rings. The van der Waals surface area contributed by atoms with E-state index in [1.807, 2.05) is 4.90 Å². The Morgan fingerprint density at radius 1 is 1.20 bits per heavy atom. The first-order valence-electron chi connectivity index (χ1n) is 7.92. The highest BCUT2D eigenvalue weighted by Gasteiger charge is 2.18. The van der Waals surface area contributed by atoms with E-state index in [1.54, 1.807) is 0 Å². The van der Waals surface area contributed by atoms with Crippen LogP contribution in [0.25, 0.3) is 0 Å². The zero-order valence-electron chi connectivity index (χ0n) is 12.7. The van der Waals surface area contributed by atoms with Crippen LogP contribution >= 0.6 is 0 Å². The van der Waals surface area contributed by atoms with Gasteiger partial charge in [0.15, 0.2) is 0 Å². The summed E-state index contributed by atoms with van der Waals surface area (Å²) in [5.74, 6) is 0.559. The number of hydrogen-bond donors (Lipinski definition) is 2. The van der Waals surface area contributed by atoms with Crippen LogP contribution in [-0.2, 0) is 9.59 Å². The maximum absolute atomic E-state index is 11.8. The van der Waals surface area contributed by atoms with Gasteiger partial charge in [0.25, 0.3) is 0 Å². The van der Waals surface area contributed by atoms with E-state index >= 15 is 0 Å². The summed E-state index contributed by atoms with van der Waals surface area (Å²) in [7, 11) is 0. The van der Waals surface area contributed by atoms with Crippen molar-refractivity contribution in [2.24, 2.45) is 11.7 Å². The molecule has 2 amide bonds. The lowest BCUT2D eigenvalue weighted by atomic mass is 9.94. The molecule has 1 saturated heterocycles. The number of carbonyl (C=O) groups excluding carboxylic acids is 2. The minimum atomic E-state index is -0.0179. The molecule has 1 fully saturated rings. The van der Waals surface area contributed by atoms with Gasteiger partial charge in [0.2, 0.25) is 11.8 Å². The Morgan fingerprint density at radius 3 is 2.50 bits per heavy atom. The third-order valence-electron chi connectivity index (χ3n) is 3.95. The molecule has 0 aliphatic carbocycles.